The van der Waals surface area contributed by atoms with Crippen LogP contribution in [0, 0.1) is 5.82 Å². The Morgan fingerprint density at radius 1 is 0.893 bits per heavy atom. The Balaban J connectivity index is 1.43. The molecular weight excluding hydrogens is 379 g/mol. The summed E-state index contributed by atoms with van der Waals surface area (Å²) in [6.07, 6.45) is 2.15. The summed E-state index contributed by atoms with van der Waals surface area (Å²) in [6.45, 7) is 1.96. The molecule has 148 valence electrons. The summed E-state index contributed by atoms with van der Waals surface area (Å²) < 4.78 is 13.9. The van der Waals surface area contributed by atoms with Crippen molar-refractivity contribution in [2.75, 3.05) is 26.2 Å². The van der Waals surface area contributed by atoms with Gasteiger partial charge in [-0.1, -0.05) is 48.0 Å². The van der Waals surface area contributed by atoms with Gasteiger partial charge in [-0.3, -0.25) is 9.59 Å². The van der Waals surface area contributed by atoms with E-state index < -0.39 is 5.82 Å². The molecule has 4 nitrogen and oxygen atoms in total. The number of halogens is 2. The van der Waals surface area contributed by atoms with Crippen LogP contribution in [0.15, 0.2) is 48.5 Å². The number of hydrogen-bond acceptors (Lipinski definition) is 2. The highest BCUT2D eigenvalue weighted by Gasteiger charge is 2.25. The van der Waals surface area contributed by atoms with Gasteiger partial charge in [-0.2, -0.15) is 0 Å². The fraction of sp³-hybridized carbons (Fsp3) is 0.364. The molecule has 28 heavy (non-hydrogen) atoms. The quantitative estimate of drug-likeness (QED) is 0.739. The largest absolute Gasteiger partial charge is 0.339 e. The van der Waals surface area contributed by atoms with E-state index in [1.165, 1.54) is 17.7 Å². The minimum Gasteiger partial charge on any atom is -0.339 e. The molecule has 0 bridgehead atoms. The minimum absolute atomic E-state index is 0.0590. The minimum atomic E-state index is -0.465. The number of aryl methyl sites for hydroxylation is 1. The number of amides is 2. The molecule has 1 aliphatic rings. The maximum atomic E-state index is 13.9. The van der Waals surface area contributed by atoms with E-state index in [-0.39, 0.29) is 28.8 Å². The van der Waals surface area contributed by atoms with Crippen LogP contribution in [0.25, 0.3) is 0 Å². The highest BCUT2D eigenvalue weighted by atomic mass is 35.5. The highest BCUT2D eigenvalue weighted by Crippen LogP contribution is 2.20. The maximum Gasteiger partial charge on any atom is 0.227 e. The lowest BCUT2D eigenvalue weighted by Crippen LogP contribution is -2.51. The van der Waals surface area contributed by atoms with Crippen LogP contribution in [0.2, 0.25) is 5.02 Å². The first kappa shape index (κ1) is 20.3. The first-order valence-electron chi connectivity index (χ1n) is 9.57. The molecule has 0 saturated carbocycles. The lowest BCUT2D eigenvalue weighted by molar-refractivity contribution is -0.139. The molecular formula is C22H24ClFN2O2. The molecule has 2 aromatic carbocycles. The molecule has 2 amide bonds. The Hall–Kier alpha value is -2.40. The average Bonchev–Trinajstić information content (AvgIpc) is 2.71. The van der Waals surface area contributed by atoms with E-state index in [1.807, 2.05) is 23.1 Å². The fourth-order valence-electron chi connectivity index (χ4n) is 3.42. The van der Waals surface area contributed by atoms with E-state index in [1.54, 1.807) is 11.0 Å². The highest BCUT2D eigenvalue weighted by molar-refractivity contribution is 6.31. The summed E-state index contributed by atoms with van der Waals surface area (Å²) in [6, 6.07) is 14.5. The van der Waals surface area contributed by atoms with Gasteiger partial charge in [0.05, 0.1) is 6.42 Å². The molecule has 2 aromatic rings. The predicted octanol–water partition coefficient (Wildman–Crippen LogP) is 3.72. The Labute approximate surface area is 169 Å². The first-order chi connectivity index (χ1) is 13.5. The molecule has 6 heteroatoms. The Morgan fingerprint density at radius 2 is 1.54 bits per heavy atom. The summed E-state index contributed by atoms with van der Waals surface area (Å²) in [5, 5.41) is 0.264. The van der Waals surface area contributed by atoms with Crippen molar-refractivity contribution in [3.05, 3.63) is 70.5 Å². The molecule has 1 saturated heterocycles. The second-order valence-electron chi connectivity index (χ2n) is 6.98. The molecule has 0 unspecified atom stereocenters. The maximum absolute atomic E-state index is 13.9. The van der Waals surface area contributed by atoms with Crippen LogP contribution >= 0.6 is 11.6 Å². The smallest absolute Gasteiger partial charge is 0.227 e. The fourth-order valence-corrected chi connectivity index (χ4v) is 3.65. The van der Waals surface area contributed by atoms with Crippen LogP contribution in [0.5, 0.6) is 0 Å². The van der Waals surface area contributed by atoms with Gasteiger partial charge in [0, 0.05) is 43.2 Å². The van der Waals surface area contributed by atoms with E-state index in [9.17, 15) is 14.0 Å². The van der Waals surface area contributed by atoms with Crippen molar-refractivity contribution in [3.63, 3.8) is 0 Å². The molecule has 0 N–H and O–H groups in total. The van der Waals surface area contributed by atoms with E-state index in [4.69, 9.17) is 11.6 Å². The normalized spacial score (nSPS) is 14.2. The average molecular weight is 403 g/mol. The zero-order chi connectivity index (χ0) is 19.9. The Kier molecular flexibility index (Phi) is 7.04. The number of carbonyl (C=O) groups excluding carboxylic acids is 2. The molecule has 1 aliphatic heterocycles. The lowest BCUT2D eigenvalue weighted by Gasteiger charge is -2.35. The van der Waals surface area contributed by atoms with Crippen LogP contribution in [0.4, 0.5) is 4.39 Å². The molecule has 1 heterocycles. The molecule has 3 rings (SSSR count). The van der Waals surface area contributed by atoms with Crippen LogP contribution < -0.4 is 0 Å². The first-order valence-corrected chi connectivity index (χ1v) is 9.95. The number of hydrogen-bond donors (Lipinski definition) is 0. The lowest BCUT2D eigenvalue weighted by atomic mass is 10.1. The van der Waals surface area contributed by atoms with E-state index in [0.29, 0.717) is 32.6 Å². The zero-order valence-electron chi connectivity index (χ0n) is 15.7. The van der Waals surface area contributed by atoms with Crippen molar-refractivity contribution in [1.82, 2.24) is 9.80 Å². The van der Waals surface area contributed by atoms with Crippen molar-refractivity contribution >= 4 is 23.4 Å². The summed E-state index contributed by atoms with van der Waals surface area (Å²) in [4.78, 5) is 28.4. The number of carbonyl (C=O) groups is 2. The molecule has 1 fully saturated rings. The van der Waals surface area contributed by atoms with Gasteiger partial charge < -0.3 is 9.80 Å². The van der Waals surface area contributed by atoms with Crippen molar-refractivity contribution in [1.29, 1.82) is 0 Å². The Bertz CT molecular complexity index is 800. The van der Waals surface area contributed by atoms with Crippen LogP contribution in [0.1, 0.15) is 24.0 Å². The van der Waals surface area contributed by atoms with Gasteiger partial charge in [0.15, 0.2) is 0 Å². The van der Waals surface area contributed by atoms with E-state index in [0.717, 1.165) is 12.8 Å². The standard InChI is InChI=1S/C22H24ClFN2O2/c23-19-9-5-10-20(24)18(19)16-22(28)26-14-12-25(13-15-26)21(27)11-4-8-17-6-2-1-3-7-17/h1-3,5-7,9-10H,4,8,11-16H2. The third-order valence-corrected chi connectivity index (χ3v) is 5.43. The van der Waals surface area contributed by atoms with Gasteiger partial charge in [-0.25, -0.2) is 4.39 Å². The van der Waals surface area contributed by atoms with Gasteiger partial charge >= 0.3 is 0 Å². The van der Waals surface area contributed by atoms with Crippen molar-refractivity contribution in [2.45, 2.75) is 25.7 Å². The number of benzene rings is 2. The second-order valence-corrected chi connectivity index (χ2v) is 7.38. The summed E-state index contributed by atoms with van der Waals surface area (Å²) >= 11 is 6.01. The van der Waals surface area contributed by atoms with Gasteiger partial charge in [0.1, 0.15) is 5.82 Å². The predicted molar refractivity (Wildman–Crippen MR) is 108 cm³/mol. The molecule has 0 spiro atoms. The van der Waals surface area contributed by atoms with Crippen molar-refractivity contribution < 1.29 is 14.0 Å². The molecule has 0 atom stereocenters. The van der Waals surface area contributed by atoms with Crippen LogP contribution in [-0.2, 0) is 22.4 Å². The van der Waals surface area contributed by atoms with Crippen molar-refractivity contribution in [3.8, 4) is 0 Å². The summed E-state index contributed by atoms with van der Waals surface area (Å²) in [5.74, 6) is -0.503. The molecule has 0 aromatic heterocycles. The van der Waals surface area contributed by atoms with Gasteiger partial charge in [0.25, 0.3) is 0 Å². The monoisotopic (exact) mass is 402 g/mol. The molecule has 0 aliphatic carbocycles. The van der Waals surface area contributed by atoms with Crippen LogP contribution in [-0.4, -0.2) is 47.8 Å². The Morgan fingerprint density at radius 3 is 2.18 bits per heavy atom. The SMILES string of the molecule is O=C(CCCc1ccccc1)N1CCN(C(=O)Cc2c(F)cccc2Cl)CC1. The topological polar surface area (TPSA) is 40.6 Å². The van der Waals surface area contributed by atoms with Gasteiger partial charge in [-0.15, -0.1) is 0 Å². The molecule has 0 radical (unpaired) electrons. The van der Waals surface area contributed by atoms with Crippen LogP contribution in [0.3, 0.4) is 0 Å². The third-order valence-electron chi connectivity index (χ3n) is 5.07. The van der Waals surface area contributed by atoms with Crippen molar-refractivity contribution in [2.24, 2.45) is 0 Å². The summed E-state index contributed by atoms with van der Waals surface area (Å²) in [7, 11) is 0. The third kappa shape index (κ3) is 5.32. The number of piperazine rings is 1. The van der Waals surface area contributed by atoms with Gasteiger partial charge in [0.2, 0.25) is 11.8 Å². The second kappa shape index (κ2) is 9.69. The number of rotatable bonds is 6. The van der Waals surface area contributed by atoms with Gasteiger partial charge in [-0.05, 0) is 30.5 Å². The van der Waals surface area contributed by atoms with E-state index >= 15 is 0 Å². The number of nitrogens with zero attached hydrogens (tertiary/aromatic N) is 2. The summed E-state index contributed by atoms with van der Waals surface area (Å²) in [5.41, 5.74) is 1.46. The van der Waals surface area contributed by atoms with E-state index in [2.05, 4.69) is 12.1 Å². The zero-order valence-corrected chi connectivity index (χ0v) is 16.5.